The van der Waals surface area contributed by atoms with Crippen LogP contribution in [0.5, 0.6) is 0 Å². The van der Waals surface area contributed by atoms with Crippen LogP contribution in [0.25, 0.3) is 0 Å². The van der Waals surface area contributed by atoms with Crippen LogP contribution in [-0.2, 0) is 17.3 Å². The van der Waals surface area contributed by atoms with Gasteiger partial charge in [0.15, 0.2) is 5.82 Å². The van der Waals surface area contributed by atoms with Crippen molar-refractivity contribution in [3.05, 3.63) is 29.7 Å². The summed E-state index contributed by atoms with van der Waals surface area (Å²) in [4.78, 5) is 16.8. The van der Waals surface area contributed by atoms with E-state index in [0.717, 1.165) is 5.56 Å². The largest absolute Gasteiger partial charge is 0.343 e. The molecular formula is C15H24N6O2. The molecule has 2 N–H and O–H groups in total. The van der Waals surface area contributed by atoms with Crippen LogP contribution in [0, 0.1) is 0 Å². The van der Waals surface area contributed by atoms with E-state index in [-0.39, 0.29) is 17.4 Å². The highest BCUT2D eigenvalue weighted by Gasteiger charge is 2.26. The normalized spacial score (nSPS) is 14.5. The maximum absolute atomic E-state index is 12.5. The summed E-state index contributed by atoms with van der Waals surface area (Å²) in [6, 6.07) is -0.866. The Morgan fingerprint density at radius 2 is 2.09 bits per heavy atom. The van der Waals surface area contributed by atoms with Gasteiger partial charge >= 0.3 is 0 Å². The van der Waals surface area contributed by atoms with E-state index < -0.39 is 6.04 Å². The van der Waals surface area contributed by atoms with E-state index in [4.69, 9.17) is 4.52 Å². The molecule has 1 amide bonds. The number of carbonyl (C=O) groups is 1. The number of carbonyl (C=O) groups excluding carboxylic acids is 1. The van der Waals surface area contributed by atoms with Crippen LogP contribution < -0.4 is 10.6 Å². The third-order valence-corrected chi connectivity index (χ3v) is 3.45. The van der Waals surface area contributed by atoms with Gasteiger partial charge in [-0.2, -0.15) is 10.1 Å². The maximum atomic E-state index is 12.5. The second kappa shape index (κ2) is 6.49. The van der Waals surface area contributed by atoms with Gasteiger partial charge in [-0.1, -0.05) is 25.9 Å². The van der Waals surface area contributed by atoms with Crippen LogP contribution in [0.15, 0.2) is 16.9 Å². The van der Waals surface area contributed by atoms with Gasteiger partial charge in [-0.25, -0.2) is 0 Å². The van der Waals surface area contributed by atoms with Gasteiger partial charge in [0.25, 0.3) is 0 Å². The third-order valence-electron chi connectivity index (χ3n) is 3.45. The van der Waals surface area contributed by atoms with Crippen LogP contribution >= 0.6 is 0 Å². The van der Waals surface area contributed by atoms with E-state index in [1.54, 1.807) is 24.1 Å². The van der Waals surface area contributed by atoms with Crippen molar-refractivity contribution in [1.29, 1.82) is 0 Å². The van der Waals surface area contributed by atoms with Crippen molar-refractivity contribution >= 4 is 5.91 Å². The second-order valence-corrected chi connectivity index (χ2v) is 6.61. The van der Waals surface area contributed by atoms with Crippen molar-refractivity contribution in [2.45, 2.75) is 45.2 Å². The molecule has 23 heavy (non-hydrogen) atoms. The number of aromatic nitrogens is 4. The number of likely N-dealkylation sites (N-methyl/N-ethyl adjacent to an activating group) is 1. The zero-order chi connectivity index (χ0) is 17.2. The molecule has 2 aromatic heterocycles. The standard InChI is InChI=1S/C15H24N6O2/c1-9(13-19-14(20-23-13)15(2,3)4)18-12(22)11(16-5)10-7-17-21(6)8-10/h7-9,11,16H,1-6H3,(H,18,22). The minimum Gasteiger partial charge on any atom is -0.343 e. The molecule has 8 nitrogen and oxygen atoms in total. The molecule has 0 aliphatic rings. The Bertz CT molecular complexity index is 670. The van der Waals surface area contributed by atoms with Crippen LogP contribution in [-0.4, -0.2) is 32.9 Å². The van der Waals surface area contributed by atoms with Gasteiger partial charge < -0.3 is 15.2 Å². The fourth-order valence-corrected chi connectivity index (χ4v) is 2.11. The molecule has 0 aromatic carbocycles. The molecule has 0 aliphatic heterocycles. The first-order valence-electron chi connectivity index (χ1n) is 7.52. The van der Waals surface area contributed by atoms with Crippen molar-refractivity contribution < 1.29 is 9.32 Å². The molecule has 126 valence electrons. The summed E-state index contributed by atoms with van der Waals surface area (Å²) in [6.07, 6.45) is 3.46. The van der Waals surface area contributed by atoms with Crippen molar-refractivity contribution in [1.82, 2.24) is 30.6 Å². The van der Waals surface area contributed by atoms with Crippen molar-refractivity contribution in [2.75, 3.05) is 7.05 Å². The molecule has 2 rings (SSSR count). The Kier molecular flexibility index (Phi) is 4.84. The summed E-state index contributed by atoms with van der Waals surface area (Å²) < 4.78 is 6.92. The quantitative estimate of drug-likeness (QED) is 0.860. The van der Waals surface area contributed by atoms with E-state index in [9.17, 15) is 4.79 Å². The molecule has 0 spiro atoms. The lowest BCUT2D eigenvalue weighted by molar-refractivity contribution is -0.124. The van der Waals surface area contributed by atoms with Gasteiger partial charge in [-0.3, -0.25) is 9.48 Å². The molecule has 2 aromatic rings. The number of hydrogen-bond acceptors (Lipinski definition) is 6. The molecule has 0 aliphatic carbocycles. The van der Waals surface area contributed by atoms with E-state index in [0.29, 0.717) is 11.7 Å². The van der Waals surface area contributed by atoms with Crippen LogP contribution in [0.4, 0.5) is 0 Å². The predicted octanol–water partition coefficient (Wildman–Crippen LogP) is 1.24. The Morgan fingerprint density at radius 1 is 1.39 bits per heavy atom. The average Bonchev–Trinajstić information content (AvgIpc) is 3.08. The molecule has 2 heterocycles. The van der Waals surface area contributed by atoms with Gasteiger partial charge in [-0.05, 0) is 14.0 Å². The number of hydrogen-bond donors (Lipinski definition) is 2. The first kappa shape index (κ1) is 17.1. The Morgan fingerprint density at radius 3 is 2.57 bits per heavy atom. The highest BCUT2D eigenvalue weighted by molar-refractivity contribution is 5.83. The maximum Gasteiger partial charge on any atom is 0.248 e. The summed E-state index contributed by atoms with van der Waals surface area (Å²) in [5.41, 5.74) is 0.593. The minimum atomic E-state index is -0.490. The molecule has 0 bridgehead atoms. The number of nitrogens with one attached hydrogen (secondary N) is 2. The van der Waals surface area contributed by atoms with Crippen molar-refractivity contribution in [2.24, 2.45) is 7.05 Å². The lowest BCUT2D eigenvalue weighted by atomic mass is 9.96. The van der Waals surface area contributed by atoms with Crippen LogP contribution in [0.2, 0.25) is 0 Å². The summed E-state index contributed by atoms with van der Waals surface area (Å²) >= 11 is 0. The Balaban J connectivity index is 2.08. The molecule has 0 saturated carbocycles. The first-order chi connectivity index (χ1) is 10.7. The van der Waals surface area contributed by atoms with E-state index in [1.807, 2.05) is 34.7 Å². The zero-order valence-electron chi connectivity index (χ0n) is 14.4. The summed E-state index contributed by atoms with van der Waals surface area (Å²) in [5.74, 6) is 0.832. The molecule has 0 fully saturated rings. The molecule has 2 unspecified atom stereocenters. The van der Waals surface area contributed by atoms with E-state index in [1.165, 1.54) is 0 Å². The number of rotatable bonds is 5. The van der Waals surface area contributed by atoms with Crippen molar-refractivity contribution in [3.63, 3.8) is 0 Å². The van der Waals surface area contributed by atoms with Crippen molar-refractivity contribution in [3.8, 4) is 0 Å². The minimum absolute atomic E-state index is 0.177. The van der Waals surface area contributed by atoms with Gasteiger partial charge in [-0.15, -0.1) is 0 Å². The SMILES string of the molecule is CNC(C(=O)NC(C)c1nc(C(C)(C)C)no1)c1cnn(C)c1. The van der Waals surface area contributed by atoms with Gasteiger partial charge in [0, 0.05) is 24.2 Å². The second-order valence-electron chi connectivity index (χ2n) is 6.61. The number of amides is 1. The Labute approximate surface area is 135 Å². The van der Waals surface area contributed by atoms with Crippen LogP contribution in [0.3, 0.4) is 0 Å². The third kappa shape index (κ3) is 3.95. The molecule has 0 radical (unpaired) electrons. The Hall–Kier alpha value is -2.22. The molecular weight excluding hydrogens is 296 g/mol. The smallest absolute Gasteiger partial charge is 0.248 e. The molecule has 8 heteroatoms. The van der Waals surface area contributed by atoms with E-state index >= 15 is 0 Å². The average molecular weight is 320 g/mol. The predicted molar refractivity (Wildman–Crippen MR) is 84.6 cm³/mol. The summed E-state index contributed by atoms with van der Waals surface area (Å²) in [5, 5.41) is 13.9. The lowest BCUT2D eigenvalue weighted by Gasteiger charge is -2.17. The van der Waals surface area contributed by atoms with Gasteiger partial charge in [0.05, 0.1) is 6.20 Å². The topological polar surface area (TPSA) is 97.9 Å². The van der Waals surface area contributed by atoms with Gasteiger partial charge in [0.2, 0.25) is 11.8 Å². The fourth-order valence-electron chi connectivity index (χ4n) is 2.11. The van der Waals surface area contributed by atoms with E-state index in [2.05, 4.69) is 25.9 Å². The summed E-state index contributed by atoms with van der Waals surface area (Å²) in [6.45, 7) is 7.83. The fraction of sp³-hybridized carbons (Fsp3) is 0.600. The zero-order valence-corrected chi connectivity index (χ0v) is 14.4. The highest BCUT2D eigenvalue weighted by atomic mass is 16.5. The summed E-state index contributed by atoms with van der Waals surface area (Å²) in [7, 11) is 3.54. The monoisotopic (exact) mass is 320 g/mol. The molecule has 0 saturated heterocycles. The van der Waals surface area contributed by atoms with Crippen LogP contribution in [0.1, 0.15) is 57.1 Å². The molecule has 2 atom stereocenters. The highest BCUT2D eigenvalue weighted by Crippen LogP contribution is 2.21. The lowest BCUT2D eigenvalue weighted by Crippen LogP contribution is -2.37. The first-order valence-corrected chi connectivity index (χ1v) is 7.52. The number of nitrogens with zero attached hydrogens (tertiary/aromatic N) is 4. The number of aryl methyl sites for hydroxylation is 1. The van der Waals surface area contributed by atoms with Gasteiger partial charge in [0.1, 0.15) is 12.1 Å².